The maximum absolute atomic E-state index is 5.42. The maximum atomic E-state index is 5.42. The molecular formula is C21H18N6S. The minimum absolute atomic E-state index is 0.0719. The number of nitrogens with zero attached hydrogens (tertiary/aromatic N) is 4. The first-order valence-electron chi connectivity index (χ1n) is 8.66. The molecule has 4 N–H and O–H groups in total. The summed E-state index contributed by atoms with van der Waals surface area (Å²) in [4.78, 5) is 18.1. The van der Waals surface area contributed by atoms with E-state index in [4.69, 9.17) is 16.5 Å². The van der Waals surface area contributed by atoms with E-state index in [1.165, 1.54) is 11.1 Å². The van der Waals surface area contributed by atoms with Gasteiger partial charge in [-0.2, -0.15) is 4.99 Å². The summed E-state index contributed by atoms with van der Waals surface area (Å²) in [5.74, 6) is 0.163. The Morgan fingerprint density at radius 3 is 2.25 bits per heavy atom. The number of hydrogen-bond donors (Lipinski definition) is 2. The molecule has 2 aromatic carbocycles. The van der Waals surface area contributed by atoms with Gasteiger partial charge in [0.2, 0.25) is 0 Å². The molecule has 0 saturated heterocycles. The average molecular weight is 386 g/mol. The van der Waals surface area contributed by atoms with Gasteiger partial charge in [-0.15, -0.1) is 11.3 Å². The van der Waals surface area contributed by atoms with Crippen LogP contribution in [0.15, 0.2) is 71.9 Å². The van der Waals surface area contributed by atoms with Crippen LogP contribution in [0.2, 0.25) is 0 Å². The molecule has 4 aromatic rings. The molecule has 0 saturated carbocycles. The smallest absolute Gasteiger partial charge is 0.253 e. The molecule has 0 fully saturated rings. The standard InChI is InChI=1S/C21H18N6S/c1-13-18(17-11-12-24-21(26-17)27-20(22)23)28-19(25-13)16-9-7-15(8-10-16)14-5-3-2-4-6-14/h2-12H,1H3,(H4,22,23,24,26,27). The lowest BCUT2D eigenvalue weighted by Gasteiger charge is -2.02. The fraction of sp³-hybridized carbons (Fsp3) is 0.0476. The van der Waals surface area contributed by atoms with Crippen molar-refractivity contribution < 1.29 is 0 Å². The molecule has 0 atom stereocenters. The number of rotatable bonds is 4. The van der Waals surface area contributed by atoms with E-state index in [9.17, 15) is 0 Å². The van der Waals surface area contributed by atoms with Gasteiger partial charge in [0.25, 0.3) is 5.95 Å². The molecule has 7 heteroatoms. The fourth-order valence-electron chi connectivity index (χ4n) is 2.84. The summed E-state index contributed by atoms with van der Waals surface area (Å²) in [6.07, 6.45) is 1.64. The van der Waals surface area contributed by atoms with Crippen LogP contribution in [0, 0.1) is 6.92 Å². The second-order valence-corrected chi connectivity index (χ2v) is 7.15. The lowest BCUT2D eigenvalue weighted by Crippen LogP contribution is -2.22. The number of aliphatic imine (C=N–C) groups is 1. The van der Waals surface area contributed by atoms with E-state index in [0.29, 0.717) is 0 Å². The van der Waals surface area contributed by atoms with Crippen LogP contribution in [0.4, 0.5) is 5.95 Å². The number of nitrogens with two attached hydrogens (primary N) is 2. The Hall–Kier alpha value is -3.58. The topological polar surface area (TPSA) is 103 Å². The predicted molar refractivity (Wildman–Crippen MR) is 114 cm³/mol. The van der Waals surface area contributed by atoms with Gasteiger partial charge in [0.1, 0.15) is 5.01 Å². The predicted octanol–water partition coefficient (Wildman–Crippen LogP) is 4.15. The molecule has 0 spiro atoms. The van der Waals surface area contributed by atoms with E-state index in [1.807, 2.05) is 31.2 Å². The molecule has 138 valence electrons. The van der Waals surface area contributed by atoms with E-state index >= 15 is 0 Å². The number of guanidine groups is 1. The summed E-state index contributed by atoms with van der Waals surface area (Å²) in [7, 11) is 0. The number of thiazole rings is 1. The third kappa shape index (κ3) is 3.74. The van der Waals surface area contributed by atoms with Gasteiger partial charge in [-0.05, 0) is 24.1 Å². The third-order valence-corrected chi connectivity index (χ3v) is 5.37. The zero-order valence-corrected chi connectivity index (χ0v) is 16.0. The van der Waals surface area contributed by atoms with E-state index in [2.05, 4.69) is 51.4 Å². The van der Waals surface area contributed by atoms with Crippen LogP contribution in [0.5, 0.6) is 0 Å². The Kier molecular flexibility index (Phi) is 4.82. The second-order valence-electron chi connectivity index (χ2n) is 6.16. The summed E-state index contributed by atoms with van der Waals surface area (Å²) in [6, 6.07) is 20.5. The molecule has 0 aliphatic rings. The molecule has 2 aromatic heterocycles. The zero-order chi connectivity index (χ0) is 19.5. The highest BCUT2D eigenvalue weighted by Crippen LogP contribution is 2.35. The first-order valence-corrected chi connectivity index (χ1v) is 9.48. The fourth-order valence-corrected chi connectivity index (χ4v) is 3.88. The molecule has 0 radical (unpaired) electrons. The maximum Gasteiger partial charge on any atom is 0.253 e. The van der Waals surface area contributed by atoms with E-state index in [1.54, 1.807) is 17.5 Å². The molecule has 0 amide bonds. The normalized spacial score (nSPS) is 10.6. The third-order valence-electron chi connectivity index (χ3n) is 4.14. The Morgan fingerprint density at radius 1 is 0.857 bits per heavy atom. The number of aromatic nitrogens is 3. The molecule has 28 heavy (non-hydrogen) atoms. The van der Waals surface area contributed by atoms with Crippen molar-refractivity contribution in [3.8, 4) is 32.3 Å². The van der Waals surface area contributed by atoms with Crippen molar-refractivity contribution in [3.63, 3.8) is 0 Å². The molecule has 4 rings (SSSR count). The monoisotopic (exact) mass is 386 g/mol. The van der Waals surface area contributed by atoms with Crippen LogP contribution >= 0.6 is 11.3 Å². The molecule has 2 heterocycles. The molecule has 0 bridgehead atoms. The summed E-state index contributed by atoms with van der Waals surface area (Å²) in [5, 5.41) is 0.939. The van der Waals surface area contributed by atoms with Crippen molar-refractivity contribution in [2.75, 3.05) is 0 Å². The van der Waals surface area contributed by atoms with Crippen LogP contribution in [0.1, 0.15) is 5.69 Å². The van der Waals surface area contributed by atoms with Crippen LogP contribution in [0.3, 0.4) is 0 Å². The Balaban J connectivity index is 1.66. The van der Waals surface area contributed by atoms with Crippen molar-refractivity contribution in [1.29, 1.82) is 0 Å². The van der Waals surface area contributed by atoms with Crippen LogP contribution in [-0.2, 0) is 0 Å². The minimum atomic E-state index is -0.0719. The molecule has 0 aliphatic heterocycles. The first kappa shape index (κ1) is 17.8. The summed E-state index contributed by atoms with van der Waals surface area (Å²) in [5.41, 5.74) is 15.9. The highest BCUT2D eigenvalue weighted by atomic mass is 32.1. The molecule has 0 unspecified atom stereocenters. The highest BCUT2D eigenvalue weighted by molar-refractivity contribution is 7.18. The Morgan fingerprint density at radius 2 is 1.54 bits per heavy atom. The van der Waals surface area contributed by atoms with Gasteiger partial charge in [0.15, 0.2) is 5.96 Å². The van der Waals surface area contributed by atoms with Crippen molar-refractivity contribution in [2.45, 2.75) is 6.92 Å². The van der Waals surface area contributed by atoms with Gasteiger partial charge < -0.3 is 11.5 Å². The van der Waals surface area contributed by atoms with Gasteiger partial charge >= 0.3 is 0 Å². The molecular weight excluding hydrogens is 368 g/mol. The summed E-state index contributed by atoms with van der Waals surface area (Å²) >= 11 is 1.58. The van der Waals surface area contributed by atoms with Crippen LogP contribution in [-0.4, -0.2) is 20.9 Å². The molecule has 6 nitrogen and oxygen atoms in total. The summed E-state index contributed by atoms with van der Waals surface area (Å²) in [6.45, 7) is 1.97. The van der Waals surface area contributed by atoms with Gasteiger partial charge in [-0.1, -0.05) is 54.6 Å². The van der Waals surface area contributed by atoms with Gasteiger partial charge in [0, 0.05) is 11.8 Å². The van der Waals surface area contributed by atoms with Gasteiger partial charge in [0.05, 0.1) is 16.3 Å². The summed E-state index contributed by atoms with van der Waals surface area (Å²) < 4.78 is 0. The van der Waals surface area contributed by atoms with Crippen LogP contribution < -0.4 is 11.5 Å². The largest absolute Gasteiger partial charge is 0.370 e. The number of benzene rings is 2. The van der Waals surface area contributed by atoms with Crippen molar-refractivity contribution in [2.24, 2.45) is 16.5 Å². The lowest BCUT2D eigenvalue weighted by molar-refractivity contribution is 1.13. The quantitative estimate of drug-likeness (QED) is 0.405. The van der Waals surface area contributed by atoms with Crippen LogP contribution in [0.25, 0.3) is 32.3 Å². The minimum Gasteiger partial charge on any atom is -0.370 e. The first-order chi connectivity index (χ1) is 13.6. The Bertz CT molecular complexity index is 1130. The highest BCUT2D eigenvalue weighted by Gasteiger charge is 2.13. The van der Waals surface area contributed by atoms with E-state index in [-0.39, 0.29) is 11.9 Å². The SMILES string of the molecule is Cc1nc(-c2ccc(-c3ccccc3)cc2)sc1-c1ccnc(N=C(N)N)n1. The van der Waals surface area contributed by atoms with E-state index < -0.39 is 0 Å². The second kappa shape index (κ2) is 7.58. The zero-order valence-electron chi connectivity index (χ0n) is 15.2. The van der Waals surface area contributed by atoms with Crippen molar-refractivity contribution >= 4 is 23.2 Å². The number of aryl methyl sites for hydroxylation is 1. The van der Waals surface area contributed by atoms with E-state index in [0.717, 1.165) is 26.8 Å². The number of hydrogen-bond acceptors (Lipinski definition) is 5. The average Bonchev–Trinajstić information content (AvgIpc) is 3.10. The van der Waals surface area contributed by atoms with Crippen molar-refractivity contribution in [3.05, 3.63) is 72.6 Å². The lowest BCUT2D eigenvalue weighted by atomic mass is 10.0. The Labute approximate surface area is 166 Å². The van der Waals surface area contributed by atoms with Gasteiger partial charge in [-0.3, -0.25) is 0 Å². The van der Waals surface area contributed by atoms with Gasteiger partial charge in [-0.25, -0.2) is 15.0 Å². The van der Waals surface area contributed by atoms with Crippen molar-refractivity contribution in [1.82, 2.24) is 15.0 Å². The molecule has 0 aliphatic carbocycles.